The predicted octanol–water partition coefficient (Wildman–Crippen LogP) is 2.30. The van der Waals surface area contributed by atoms with Crippen LogP contribution in [0, 0.1) is 13.8 Å². The molecule has 0 saturated heterocycles. The molecule has 0 aliphatic heterocycles. The van der Waals surface area contributed by atoms with Gasteiger partial charge in [0.2, 0.25) is 10.0 Å². The van der Waals surface area contributed by atoms with Crippen LogP contribution in [0.1, 0.15) is 48.2 Å². The molecule has 20 heavy (non-hydrogen) atoms. The number of carbonyl (C=O) groups excluding carboxylic acids is 1. The van der Waals surface area contributed by atoms with E-state index in [2.05, 4.69) is 0 Å². The zero-order valence-corrected chi connectivity index (χ0v) is 13.1. The van der Waals surface area contributed by atoms with Crippen molar-refractivity contribution in [1.29, 1.82) is 0 Å². The van der Waals surface area contributed by atoms with Crippen molar-refractivity contribution in [3.63, 3.8) is 0 Å². The Morgan fingerprint density at radius 2 is 1.90 bits per heavy atom. The molecule has 0 aliphatic carbocycles. The van der Waals surface area contributed by atoms with Crippen LogP contribution in [0.4, 0.5) is 0 Å². The normalized spacial score (nSPS) is 13.1. The Hall–Kier alpha value is -1.40. The van der Waals surface area contributed by atoms with Crippen LogP contribution in [0.15, 0.2) is 17.0 Å². The second-order valence-corrected chi connectivity index (χ2v) is 6.51. The molecule has 0 aliphatic rings. The number of carbonyl (C=O) groups is 1. The van der Waals surface area contributed by atoms with E-state index in [4.69, 9.17) is 9.88 Å². The molecule has 0 fully saturated rings. The van der Waals surface area contributed by atoms with Crippen molar-refractivity contribution in [2.45, 2.75) is 51.5 Å². The van der Waals surface area contributed by atoms with Crippen molar-refractivity contribution in [2.75, 3.05) is 0 Å². The number of hydrogen-bond donors (Lipinski definition) is 1. The fourth-order valence-corrected chi connectivity index (χ4v) is 2.86. The van der Waals surface area contributed by atoms with Gasteiger partial charge in [0.05, 0.1) is 16.6 Å². The van der Waals surface area contributed by atoms with E-state index in [1.54, 1.807) is 19.9 Å². The number of aryl methyl sites for hydroxylation is 2. The van der Waals surface area contributed by atoms with E-state index in [-0.39, 0.29) is 16.6 Å². The summed E-state index contributed by atoms with van der Waals surface area (Å²) in [6, 6.07) is 2.92. The molecule has 1 rings (SSSR count). The smallest absolute Gasteiger partial charge is 0.338 e. The van der Waals surface area contributed by atoms with Gasteiger partial charge in [-0.25, -0.2) is 18.4 Å². The van der Waals surface area contributed by atoms with Crippen LogP contribution in [0.2, 0.25) is 0 Å². The average Bonchev–Trinajstić information content (AvgIpc) is 2.26. The standard InChI is InChI=1S/C14H21NO4S/c1-5-6-11(4)19-14(16)12-8-13(20(15,17)18)10(3)7-9(12)2/h7-8,11H,5-6H2,1-4H3,(H2,15,17,18). The first kappa shape index (κ1) is 16.7. The third-order valence-corrected chi connectivity index (χ3v) is 4.10. The molecule has 2 N–H and O–H groups in total. The van der Waals surface area contributed by atoms with Gasteiger partial charge in [-0.1, -0.05) is 19.4 Å². The van der Waals surface area contributed by atoms with E-state index < -0.39 is 16.0 Å². The van der Waals surface area contributed by atoms with Gasteiger partial charge in [0.15, 0.2) is 0 Å². The minimum Gasteiger partial charge on any atom is -0.459 e. The predicted molar refractivity (Wildman–Crippen MR) is 77.1 cm³/mol. The van der Waals surface area contributed by atoms with Crippen LogP contribution >= 0.6 is 0 Å². The molecule has 1 aromatic rings. The largest absolute Gasteiger partial charge is 0.459 e. The lowest BCUT2D eigenvalue weighted by molar-refractivity contribution is 0.0322. The Labute approximate surface area is 120 Å². The van der Waals surface area contributed by atoms with E-state index in [1.807, 2.05) is 13.8 Å². The molecule has 1 unspecified atom stereocenters. The molecule has 0 bridgehead atoms. The summed E-state index contributed by atoms with van der Waals surface area (Å²) in [5.74, 6) is -0.520. The highest BCUT2D eigenvalue weighted by Gasteiger charge is 2.19. The Morgan fingerprint density at radius 1 is 1.30 bits per heavy atom. The monoisotopic (exact) mass is 299 g/mol. The Morgan fingerprint density at radius 3 is 2.40 bits per heavy atom. The van der Waals surface area contributed by atoms with Gasteiger partial charge >= 0.3 is 5.97 Å². The third-order valence-electron chi connectivity index (χ3n) is 3.05. The van der Waals surface area contributed by atoms with Crippen molar-refractivity contribution in [3.05, 3.63) is 28.8 Å². The van der Waals surface area contributed by atoms with Crippen LogP contribution in [0.3, 0.4) is 0 Å². The molecule has 0 amide bonds. The number of rotatable bonds is 5. The second-order valence-electron chi connectivity index (χ2n) is 4.98. The van der Waals surface area contributed by atoms with E-state index >= 15 is 0 Å². The average molecular weight is 299 g/mol. The number of benzene rings is 1. The summed E-state index contributed by atoms with van der Waals surface area (Å²) >= 11 is 0. The molecule has 0 aromatic heterocycles. The van der Waals surface area contributed by atoms with Gasteiger partial charge in [-0.2, -0.15) is 0 Å². The van der Waals surface area contributed by atoms with Gasteiger partial charge in [0.1, 0.15) is 0 Å². The van der Waals surface area contributed by atoms with Crippen LogP contribution in [0.25, 0.3) is 0 Å². The summed E-state index contributed by atoms with van der Waals surface area (Å²) in [5, 5.41) is 5.15. The minimum absolute atomic E-state index is 0.0433. The Balaban J connectivity index is 3.16. The molecule has 0 radical (unpaired) electrons. The lowest BCUT2D eigenvalue weighted by atomic mass is 10.1. The summed E-state index contributed by atoms with van der Waals surface area (Å²) in [6.45, 7) is 7.19. The zero-order valence-electron chi connectivity index (χ0n) is 12.3. The molecule has 0 saturated carbocycles. The number of sulfonamides is 1. The quantitative estimate of drug-likeness (QED) is 0.845. The highest BCUT2D eigenvalue weighted by atomic mass is 32.2. The van der Waals surface area contributed by atoms with Crippen LogP contribution in [-0.2, 0) is 14.8 Å². The third kappa shape index (κ3) is 4.05. The topological polar surface area (TPSA) is 86.5 Å². The number of nitrogens with two attached hydrogens (primary N) is 1. The summed E-state index contributed by atoms with van der Waals surface area (Å²) in [6.07, 6.45) is 1.47. The molecular formula is C14H21NO4S. The molecular weight excluding hydrogens is 278 g/mol. The maximum Gasteiger partial charge on any atom is 0.338 e. The molecule has 1 atom stereocenters. The number of hydrogen-bond acceptors (Lipinski definition) is 4. The van der Waals surface area contributed by atoms with E-state index in [0.29, 0.717) is 11.1 Å². The molecule has 1 aromatic carbocycles. The van der Waals surface area contributed by atoms with Gasteiger partial charge in [-0.05, 0) is 44.4 Å². The lowest BCUT2D eigenvalue weighted by Crippen LogP contribution is -2.18. The molecule has 112 valence electrons. The van der Waals surface area contributed by atoms with Gasteiger partial charge in [-0.3, -0.25) is 0 Å². The van der Waals surface area contributed by atoms with Crippen molar-refractivity contribution in [3.8, 4) is 0 Å². The van der Waals surface area contributed by atoms with Crippen LogP contribution in [-0.4, -0.2) is 20.5 Å². The van der Waals surface area contributed by atoms with Crippen LogP contribution < -0.4 is 5.14 Å². The van der Waals surface area contributed by atoms with Crippen molar-refractivity contribution >= 4 is 16.0 Å². The van der Waals surface area contributed by atoms with Crippen molar-refractivity contribution in [1.82, 2.24) is 0 Å². The summed E-state index contributed by atoms with van der Waals surface area (Å²) in [5.41, 5.74) is 1.43. The summed E-state index contributed by atoms with van der Waals surface area (Å²) in [7, 11) is -3.85. The second kappa shape index (κ2) is 6.37. The van der Waals surface area contributed by atoms with Gasteiger partial charge in [-0.15, -0.1) is 0 Å². The molecule has 6 heteroatoms. The molecule has 5 nitrogen and oxygen atoms in total. The van der Waals surface area contributed by atoms with Gasteiger partial charge in [0.25, 0.3) is 0 Å². The minimum atomic E-state index is -3.85. The number of esters is 1. The molecule has 0 heterocycles. The van der Waals surface area contributed by atoms with E-state index in [1.165, 1.54) is 6.07 Å². The SMILES string of the molecule is CCCC(C)OC(=O)c1cc(S(N)(=O)=O)c(C)cc1C. The zero-order chi connectivity index (χ0) is 15.5. The first-order valence-electron chi connectivity index (χ1n) is 6.51. The van der Waals surface area contributed by atoms with Crippen LogP contribution in [0.5, 0.6) is 0 Å². The van der Waals surface area contributed by atoms with E-state index in [9.17, 15) is 13.2 Å². The Bertz CT molecular complexity index is 608. The maximum absolute atomic E-state index is 12.1. The number of ether oxygens (including phenoxy) is 1. The lowest BCUT2D eigenvalue weighted by Gasteiger charge is -2.14. The maximum atomic E-state index is 12.1. The first-order chi connectivity index (χ1) is 9.16. The van der Waals surface area contributed by atoms with Gasteiger partial charge < -0.3 is 4.74 Å². The first-order valence-corrected chi connectivity index (χ1v) is 8.06. The van der Waals surface area contributed by atoms with Crippen molar-refractivity contribution in [2.24, 2.45) is 5.14 Å². The van der Waals surface area contributed by atoms with E-state index in [0.717, 1.165) is 12.8 Å². The van der Waals surface area contributed by atoms with Gasteiger partial charge in [0, 0.05) is 0 Å². The number of primary sulfonamides is 1. The fourth-order valence-electron chi connectivity index (χ4n) is 2.07. The fraction of sp³-hybridized carbons (Fsp3) is 0.500. The summed E-state index contributed by atoms with van der Waals surface area (Å²) < 4.78 is 28.3. The summed E-state index contributed by atoms with van der Waals surface area (Å²) in [4.78, 5) is 12.0. The highest BCUT2D eigenvalue weighted by Crippen LogP contribution is 2.21. The Kier molecular flexibility index (Phi) is 5.30. The highest BCUT2D eigenvalue weighted by molar-refractivity contribution is 7.89. The van der Waals surface area contributed by atoms with Crippen molar-refractivity contribution < 1.29 is 17.9 Å². The molecule has 0 spiro atoms.